The topological polar surface area (TPSA) is 0 Å². The van der Waals surface area contributed by atoms with E-state index in [-0.39, 0.29) is 34.0 Å². The molecule has 0 bridgehead atoms. The van der Waals surface area contributed by atoms with Crippen LogP contribution < -0.4 is 34.0 Å². The summed E-state index contributed by atoms with van der Waals surface area (Å²) in [6.07, 6.45) is 51.5. The molecule has 0 rings (SSSR count). The molecule has 0 radical (unpaired) electrons. The lowest BCUT2D eigenvalue weighted by Crippen LogP contribution is -3.00. The molecule has 0 N–H and O–H groups in total. The van der Waals surface area contributed by atoms with Crippen molar-refractivity contribution in [3.8, 4) is 0 Å². The summed E-state index contributed by atoms with van der Waals surface area (Å²) >= 11 is 0. The van der Waals surface area contributed by atoms with Gasteiger partial charge in [-0.05, 0) is 64.2 Å². The highest BCUT2D eigenvalue weighted by atomic mass is 79.9. The van der Waals surface area contributed by atoms with Crippen molar-refractivity contribution in [2.45, 2.75) is 208 Å². The first-order valence-corrected chi connectivity index (χ1v) is 25.3. The number of unbranched alkanes of at least 4 members (excludes halogenated alkanes) is 19. The second-order valence-corrected chi connectivity index (χ2v) is 23.5. The lowest BCUT2D eigenvalue weighted by molar-refractivity contribution is -0.001000. The van der Waals surface area contributed by atoms with E-state index >= 15 is 0 Å². The van der Waals surface area contributed by atoms with Crippen molar-refractivity contribution < 1.29 is 34.0 Å². The van der Waals surface area contributed by atoms with Crippen LogP contribution in [0.4, 0.5) is 0 Å². The molecule has 0 amide bonds. The van der Waals surface area contributed by atoms with E-state index in [1.54, 1.807) is 62.1 Å². The molecule has 0 aromatic carbocycles. The average Bonchev–Trinajstić information content (AvgIpc) is 3.01. The van der Waals surface area contributed by atoms with Gasteiger partial charge in [0.1, 0.15) is 0 Å². The van der Waals surface area contributed by atoms with Crippen molar-refractivity contribution in [3.05, 3.63) is 0 Å². The second-order valence-electron chi connectivity index (χ2n) is 14.5. The Balaban J connectivity index is -0.00000840. The maximum absolute atomic E-state index is 2.40. The number of halogens is 2. The molecule has 0 aromatic rings. The molecule has 0 fully saturated rings. The van der Waals surface area contributed by atoms with Crippen LogP contribution in [0.2, 0.25) is 0 Å². The Morgan fingerprint density at radius 1 is 0.205 bits per heavy atom. The van der Waals surface area contributed by atoms with Crippen LogP contribution in [0.5, 0.6) is 0 Å². The number of rotatable bonds is 35. The van der Waals surface area contributed by atoms with Crippen LogP contribution in [0.1, 0.15) is 208 Å². The Kier molecular flexibility index (Phi) is 42.9. The normalized spacial score (nSPS) is 11.9. The van der Waals surface area contributed by atoms with Crippen molar-refractivity contribution in [2.24, 2.45) is 0 Å². The van der Waals surface area contributed by atoms with Gasteiger partial charge in [0.25, 0.3) is 0 Å². The summed E-state index contributed by atoms with van der Waals surface area (Å²) in [5.41, 5.74) is 0. The zero-order valence-corrected chi connectivity index (χ0v) is 36.7. The SMILES string of the molecule is CCCC[P+](CCCC)(CCCC)CCCCCCCCCCCCCCCC[P+](CCCC)(CCCC)CCCC.[Br-].[Br-]. The zero-order chi connectivity index (χ0) is 31.0. The first-order valence-electron chi connectivity index (χ1n) is 20.3. The minimum absolute atomic E-state index is 0. The highest BCUT2D eigenvalue weighted by molar-refractivity contribution is 7.76. The van der Waals surface area contributed by atoms with Crippen molar-refractivity contribution in [1.82, 2.24) is 0 Å². The largest absolute Gasteiger partial charge is 1.00 e. The van der Waals surface area contributed by atoms with Gasteiger partial charge in [-0.25, -0.2) is 0 Å². The molecule has 0 spiro atoms. The molecule has 4 heteroatoms. The Morgan fingerprint density at radius 2 is 0.341 bits per heavy atom. The standard InChI is InChI=1S/C40H86P2.2BrH/c1-7-13-33-41(34-14-8-2,35-15-9-3)39-31-29-27-25-23-21-19-20-22-24-26-28-30-32-40-42(36-16-10-4,37-17-11-5)38-18-12-6;;/h7-40H2,1-6H3;2*1H/q+2;;/p-2. The summed E-state index contributed by atoms with van der Waals surface area (Å²) in [7, 11) is -1.30. The highest BCUT2D eigenvalue weighted by Gasteiger charge is 2.35. The Labute approximate surface area is 304 Å². The molecule has 0 aliphatic heterocycles. The van der Waals surface area contributed by atoms with Crippen LogP contribution in [0.25, 0.3) is 0 Å². The van der Waals surface area contributed by atoms with E-state index < -0.39 is 14.5 Å². The van der Waals surface area contributed by atoms with E-state index in [2.05, 4.69) is 41.5 Å². The summed E-state index contributed by atoms with van der Waals surface area (Å²) < 4.78 is 0. The third-order valence-electron chi connectivity index (χ3n) is 10.4. The van der Waals surface area contributed by atoms with Crippen LogP contribution in [-0.4, -0.2) is 49.3 Å². The number of hydrogen-bond donors (Lipinski definition) is 0. The first-order chi connectivity index (χ1) is 20.6. The van der Waals surface area contributed by atoms with Gasteiger partial charge < -0.3 is 34.0 Å². The smallest absolute Gasteiger partial charge is 0.0594 e. The summed E-state index contributed by atoms with van der Waals surface area (Å²) in [5.74, 6) is 0. The zero-order valence-electron chi connectivity index (χ0n) is 31.7. The molecule has 0 aliphatic rings. The predicted molar refractivity (Wildman–Crippen MR) is 207 cm³/mol. The Bertz CT molecular complexity index is 438. The van der Waals surface area contributed by atoms with Crippen LogP contribution in [-0.2, 0) is 0 Å². The average molecular weight is 789 g/mol. The summed E-state index contributed by atoms with van der Waals surface area (Å²) in [5, 5.41) is 0. The fraction of sp³-hybridized carbons (Fsp3) is 1.00. The predicted octanol–water partition coefficient (Wildman–Crippen LogP) is 9.29. The van der Waals surface area contributed by atoms with Gasteiger partial charge in [-0.3, -0.25) is 0 Å². The molecule has 0 saturated heterocycles. The van der Waals surface area contributed by atoms with Gasteiger partial charge in [0, 0.05) is 14.5 Å². The first kappa shape index (κ1) is 50.2. The van der Waals surface area contributed by atoms with E-state index in [4.69, 9.17) is 0 Å². The molecule has 270 valence electrons. The lowest BCUT2D eigenvalue weighted by atomic mass is 10.0. The monoisotopic (exact) mass is 786 g/mol. The lowest BCUT2D eigenvalue weighted by Gasteiger charge is -2.28. The molecule has 0 unspecified atom stereocenters. The van der Waals surface area contributed by atoms with E-state index in [9.17, 15) is 0 Å². The van der Waals surface area contributed by atoms with Gasteiger partial charge in [-0.15, -0.1) is 0 Å². The molecule has 0 saturated carbocycles. The summed E-state index contributed by atoms with van der Waals surface area (Å²) in [6, 6.07) is 0. The van der Waals surface area contributed by atoms with Crippen molar-refractivity contribution in [1.29, 1.82) is 0 Å². The quantitative estimate of drug-likeness (QED) is 0.0444. The van der Waals surface area contributed by atoms with Crippen molar-refractivity contribution >= 4 is 14.5 Å². The third kappa shape index (κ3) is 28.8. The van der Waals surface area contributed by atoms with Gasteiger partial charge in [0.05, 0.1) is 49.3 Å². The number of hydrogen-bond acceptors (Lipinski definition) is 0. The molecule has 0 heterocycles. The fourth-order valence-electron chi connectivity index (χ4n) is 7.32. The van der Waals surface area contributed by atoms with Crippen LogP contribution in [0, 0.1) is 0 Å². The van der Waals surface area contributed by atoms with Gasteiger partial charge in [0.15, 0.2) is 0 Å². The van der Waals surface area contributed by atoms with E-state index in [0.717, 1.165) is 0 Å². The molecule has 0 aromatic heterocycles. The minimum Gasteiger partial charge on any atom is -1.00 e. The van der Waals surface area contributed by atoms with Crippen LogP contribution in [0.15, 0.2) is 0 Å². The summed E-state index contributed by atoms with van der Waals surface area (Å²) in [6.45, 7) is 14.4. The van der Waals surface area contributed by atoms with E-state index in [0.29, 0.717) is 0 Å². The van der Waals surface area contributed by atoms with Crippen molar-refractivity contribution in [3.63, 3.8) is 0 Å². The molecular weight excluding hydrogens is 702 g/mol. The van der Waals surface area contributed by atoms with Crippen LogP contribution >= 0.6 is 14.5 Å². The van der Waals surface area contributed by atoms with Gasteiger partial charge >= 0.3 is 0 Å². The maximum Gasteiger partial charge on any atom is 0.0594 e. The third-order valence-corrected chi connectivity index (χ3v) is 20.6. The minimum atomic E-state index is -0.652. The van der Waals surface area contributed by atoms with E-state index in [1.165, 1.54) is 154 Å². The van der Waals surface area contributed by atoms with Gasteiger partial charge in [-0.1, -0.05) is 144 Å². The summed E-state index contributed by atoms with van der Waals surface area (Å²) in [4.78, 5) is 0. The Hall–Kier alpha value is 1.82. The van der Waals surface area contributed by atoms with Gasteiger partial charge in [0.2, 0.25) is 0 Å². The molecule has 0 aliphatic carbocycles. The van der Waals surface area contributed by atoms with Crippen LogP contribution in [0.3, 0.4) is 0 Å². The molecular formula is C40H86Br2P2. The molecule has 0 atom stereocenters. The second kappa shape index (κ2) is 37.6. The molecule has 0 nitrogen and oxygen atoms in total. The maximum atomic E-state index is 2.40. The fourth-order valence-corrected chi connectivity index (χ4v) is 17.7. The highest BCUT2D eigenvalue weighted by Crippen LogP contribution is 2.62. The Morgan fingerprint density at radius 3 is 0.500 bits per heavy atom. The molecule has 44 heavy (non-hydrogen) atoms. The van der Waals surface area contributed by atoms with Crippen molar-refractivity contribution in [2.75, 3.05) is 49.3 Å². The van der Waals surface area contributed by atoms with E-state index in [1.807, 2.05) is 0 Å². The van der Waals surface area contributed by atoms with Gasteiger partial charge in [-0.2, -0.15) is 0 Å².